The molecule has 0 aliphatic rings. The van der Waals surface area contributed by atoms with E-state index in [1.807, 2.05) is 70.2 Å². The number of hydrogen-bond acceptors (Lipinski definition) is 2. The summed E-state index contributed by atoms with van der Waals surface area (Å²) in [6.07, 6.45) is 1.34. The number of para-hydroxylation sites is 1. The van der Waals surface area contributed by atoms with Gasteiger partial charge in [0.05, 0.1) is 5.69 Å². The highest BCUT2D eigenvalue weighted by Gasteiger charge is 2.18. The molecular weight excluding hydrogens is 390 g/mol. The molecule has 2 nitrogen and oxygen atoms in total. The van der Waals surface area contributed by atoms with Crippen molar-refractivity contribution in [1.82, 2.24) is 4.98 Å². The molecule has 0 fully saturated rings. The largest absolute Gasteiger partial charge is 0.455 e. The van der Waals surface area contributed by atoms with Gasteiger partial charge in [0.15, 0.2) is 0 Å². The van der Waals surface area contributed by atoms with Crippen LogP contribution in [0.1, 0.15) is 51.2 Å². The Bertz CT molecular complexity index is 1690. The first-order valence-electron chi connectivity index (χ1n) is 13.7. The maximum absolute atomic E-state index is 8.26. The summed E-state index contributed by atoms with van der Waals surface area (Å²) in [5.41, 5.74) is 5.10. The van der Waals surface area contributed by atoms with E-state index >= 15 is 0 Å². The molecule has 0 saturated carbocycles. The van der Waals surface area contributed by atoms with Gasteiger partial charge >= 0.3 is 0 Å². The van der Waals surface area contributed by atoms with Gasteiger partial charge in [0.25, 0.3) is 0 Å². The minimum absolute atomic E-state index is 0.00267. The molecule has 2 heteroatoms. The first kappa shape index (κ1) is 14.6. The van der Waals surface area contributed by atoms with Crippen molar-refractivity contribution in [1.29, 1.82) is 0 Å². The van der Waals surface area contributed by atoms with E-state index in [-0.39, 0.29) is 16.5 Å². The lowest BCUT2D eigenvalue weighted by molar-refractivity contribution is 0.590. The van der Waals surface area contributed by atoms with Gasteiger partial charge in [-0.2, -0.15) is 0 Å². The predicted octanol–water partition coefficient (Wildman–Crippen LogP) is 8.54. The second-order valence-electron chi connectivity index (χ2n) is 9.36. The van der Waals surface area contributed by atoms with Gasteiger partial charge in [-0.3, -0.25) is 4.98 Å². The lowest BCUT2D eigenvalue weighted by Gasteiger charge is -2.21. The molecule has 2 aromatic heterocycles. The molecule has 0 atom stereocenters. The Hall–Kier alpha value is -3.39. The summed E-state index contributed by atoms with van der Waals surface area (Å²) in [5.74, 6) is 0. The fourth-order valence-electron chi connectivity index (χ4n) is 4.30. The van der Waals surface area contributed by atoms with Crippen molar-refractivity contribution < 1.29 is 12.6 Å². The third-order valence-corrected chi connectivity index (χ3v) is 6.09. The quantitative estimate of drug-likeness (QED) is 0.283. The van der Waals surface area contributed by atoms with Crippen LogP contribution in [0.25, 0.3) is 44.3 Å². The highest BCUT2D eigenvalue weighted by Crippen LogP contribution is 2.38. The van der Waals surface area contributed by atoms with E-state index in [2.05, 4.69) is 4.98 Å². The van der Waals surface area contributed by atoms with Crippen molar-refractivity contribution in [3.8, 4) is 22.4 Å². The zero-order valence-corrected chi connectivity index (χ0v) is 18.7. The zero-order chi connectivity index (χ0) is 27.6. The average Bonchev–Trinajstić information content (AvgIpc) is 3.21. The van der Waals surface area contributed by atoms with Crippen LogP contribution in [0.2, 0.25) is 0 Å². The lowest BCUT2D eigenvalue weighted by Crippen LogP contribution is -2.11. The number of nitrogens with zero attached hydrogens (tertiary/aromatic N) is 1. The molecule has 32 heavy (non-hydrogen) atoms. The Morgan fingerprint density at radius 1 is 0.812 bits per heavy atom. The lowest BCUT2D eigenvalue weighted by atomic mass is 9.84. The highest BCUT2D eigenvalue weighted by molar-refractivity contribution is 6.10. The monoisotopic (exact) mass is 425 g/mol. The van der Waals surface area contributed by atoms with E-state index in [0.717, 1.165) is 27.5 Å². The molecule has 0 aliphatic carbocycles. The smallest absolute Gasteiger partial charge is 0.144 e. The van der Waals surface area contributed by atoms with Crippen molar-refractivity contribution in [2.75, 3.05) is 0 Å². The number of hydrogen-bond donors (Lipinski definition) is 0. The van der Waals surface area contributed by atoms with E-state index in [0.29, 0.717) is 28.0 Å². The van der Waals surface area contributed by atoms with Gasteiger partial charge in [-0.05, 0) is 77.6 Å². The van der Waals surface area contributed by atoms with Crippen LogP contribution in [0.5, 0.6) is 0 Å². The van der Waals surface area contributed by atoms with Gasteiger partial charge < -0.3 is 4.42 Å². The average molecular weight is 426 g/mol. The summed E-state index contributed by atoms with van der Waals surface area (Å²) in [6, 6.07) is 18.6. The summed E-state index contributed by atoms with van der Waals surface area (Å²) in [6.45, 7) is 3.14. The van der Waals surface area contributed by atoms with E-state index in [4.69, 9.17) is 12.6 Å². The Morgan fingerprint density at radius 3 is 2.41 bits per heavy atom. The fraction of sp³-hybridized carbons (Fsp3) is 0.233. The Morgan fingerprint density at radius 2 is 1.62 bits per heavy atom. The second kappa shape index (κ2) is 7.34. The first-order chi connectivity index (χ1) is 17.7. The van der Waals surface area contributed by atoms with Crippen LogP contribution >= 0.6 is 0 Å². The molecule has 5 aromatic rings. The summed E-state index contributed by atoms with van der Waals surface area (Å²) >= 11 is 0. The van der Waals surface area contributed by atoms with Gasteiger partial charge in [-0.15, -0.1) is 0 Å². The Kier molecular flexibility index (Phi) is 3.36. The zero-order valence-electron chi connectivity index (χ0n) is 24.7. The Labute approximate surface area is 198 Å². The molecule has 5 rings (SSSR count). The van der Waals surface area contributed by atoms with Crippen molar-refractivity contribution in [2.45, 2.75) is 46.8 Å². The van der Waals surface area contributed by atoms with Crippen molar-refractivity contribution in [2.24, 2.45) is 0 Å². The number of furan rings is 1. The van der Waals surface area contributed by atoms with Crippen LogP contribution in [-0.4, -0.2) is 4.98 Å². The number of pyridine rings is 1. The molecule has 0 aliphatic heterocycles. The molecule has 0 bridgehead atoms. The van der Waals surface area contributed by atoms with E-state index in [1.54, 1.807) is 18.2 Å². The topological polar surface area (TPSA) is 26.0 Å². The van der Waals surface area contributed by atoms with Crippen LogP contribution in [0.15, 0.2) is 71.3 Å². The number of aryl methyl sites for hydroxylation is 3. The first-order valence-corrected chi connectivity index (χ1v) is 10.7. The standard InChI is InChI=1S/C30H29NO/c1-18-9-7-12-27-28(18)24-11-8-10-23(29(24)32-27)26-16-25(20(3)17-31-26)22-14-13-21(15-19(22)2)30(4,5)6/h7-17H,1-6H3/i2D3,3D3. The number of benzene rings is 3. The molecule has 0 radical (unpaired) electrons. The van der Waals surface area contributed by atoms with Crippen molar-refractivity contribution >= 4 is 21.9 Å². The number of rotatable bonds is 2. The third-order valence-electron chi connectivity index (χ3n) is 6.09. The third kappa shape index (κ3) is 3.31. The maximum atomic E-state index is 8.26. The van der Waals surface area contributed by atoms with Crippen LogP contribution < -0.4 is 0 Å². The molecule has 3 aromatic carbocycles. The molecule has 0 spiro atoms. The van der Waals surface area contributed by atoms with Crippen molar-refractivity contribution in [3.63, 3.8) is 0 Å². The summed E-state index contributed by atoms with van der Waals surface area (Å²) < 4.78 is 55.5. The molecule has 0 amide bonds. The number of aromatic nitrogens is 1. The molecule has 0 unspecified atom stereocenters. The molecule has 160 valence electrons. The fourth-order valence-corrected chi connectivity index (χ4v) is 4.30. The summed E-state index contributed by atoms with van der Waals surface area (Å²) in [4.78, 5) is 4.53. The van der Waals surface area contributed by atoms with Gasteiger partial charge in [0, 0.05) is 30.8 Å². The van der Waals surface area contributed by atoms with Gasteiger partial charge in [0.1, 0.15) is 11.2 Å². The van der Waals surface area contributed by atoms with Crippen LogP contribution in [0.3, 0.4) is 0 Å². The second-order valence-corrected chi connectivity index (χ2v) is 9.36. The van der Waals surface area contributed by atoms with Crippen LogP contribution in [0.4, 0.5) is 0 Å². The predicted molar refractivity (Wildman–Crippen MR) is 135 cm³/mol. The summed E-state index contributed by atoms with van der Waals surface area (Å²) in [5, 5.41) is 1.96. The highest BCUT2D eigenvalue weighted by atomic mass is 16.3. The SMILES string of the molecule is [2H]C([2H])([2H])c1cnc(-c2cccc3c2oc2cccc(C)c23)cc1-c1ccc(C(C)(C)C)cc1C([2H])([2H])[2H]. The van der Waals surface area contributed by atoms with Crippen LogP contribution in [0, 0.1) is 20.6 Å². The van der Waals surface area contributed by atoms with Gasteiger partial charge in [0.2, 0.25) is 0 Å². The minimum atomic E-state index is -2.49. The normalized spacial score (nSPS) is 15.6. The van der Waals surface area contributed by atoms with Gasteiger partial charge in [-0.25, -0.2) is 0 Å². The van der Waals surface area contributed by atoms with Gasteiger partial charge in [-0.1, -0.05) is 63.2 Å². The molecule has 2 heterocycles. The summed E-state index contributed by atoms with van der Waals surface area (Å²) in [7, 11) is 0. The maximum Gasteiger partial charge on any atom is 0.144 e. The van der Waals surface area contributed by atoms with E-state index < -0.39 is 13.7 Å². The number of fused-ring (bicyclic) bond motifs is 3. The van der Waals surface area contributed by atoms with Crippen molar-refractivity contribution in [3.05, 3.63) is 89.1 Å². The van der Waals surface area contributed by atoms with E-state index in [9.17, 15) is 0 Å². The minimum Gasteiger partial charge on any atom is -0.455 e. The molecular formula is C30H29NO. The Balaban J connectivity index is 1.81. The van der Waals surface area contributed by atoms with E-state index in [1.165, 1.54) is 6.20 Å². The van der Waals surface area contributed by atoms with Crippen LogP contribution in [-0.2, 0) is 5.41 Å². The molecule has 0 saturated heterocycles. The molecule has 0 N–H and O–H groups in total.